The van der Waals surface area contributed by atoms with E-state index in [0.717, 1.165) is 34.1 Å². The highest BCUT2D eigenvalue weighted by Gasteiger charge is 2.36. The Balaban J connectivity index is 1.66. The van der Waals surface area contributed by atoms with Gasteiger partial charge < -0.3 is 15.1 Å². The van der Waals surface area contributed by atoms with Crippen LogP contribution in [-0.4, -0.2) is 42.3 Å². The molecule has 6 nitrogen and oxygen atoms in total. The molecule has 3 rings (SSSR count). The summed E-state index contributed by atoms with van der Waals surface area (Å²) in [6.07, 6.45) is -4.66. The molecular weight excluding hydrogens is 394 g/mol. The van der Waals surface area contributed by atoms with Gasteiger partial charge in [-0.15, -0.1) is 0 Å². The highest BCUT2D eigenvalue weighted by atomic mass is 19.4. The number of nitrogens with zero attached hydrogens (tertiary/aromatic N) is 2. The molecule has 2 aromatic carbocycles. The lowest BCUT2D eigenvalue weighted by Crippen LogP contribution is -2.56. The van der Waals surface area contributed by atoms with Crippen molar-refractivity contribution in [2.24, 2.45) is 0 Å². The van der Waals surface area contributed by atoms with Gasteiger partial charge in [-0.3, -0.25) is 14.4 Å². The van der Waals surface area contributed by atoms with Crippen LogP contribution in [0.1, 0.15) is 5.56 Å². The topological polar surface area (TPSA) is 69.7 Å². The molecule has 0 unspecified atom stereocenters. The Kier molecular flexibility index (Phi) is 5.53. The van der Waals surface area contributed by atoms with Crippen LogP contribution < -0.4 is 10.2 Å². The van der Waals surface area contributed by atoms with Gasteiger partial charge in [-0.2, -0.15) is 13.2 Å². The summed E-state index contributed by atoms with van der Waals surface area (Å²) >= 11 is 0. The maximum atomic E-state index is 13.0. The van der Waals surface area contributed by atoms with Crippen molar-refractivity contribution in [3.8, 4) is 0 Å². The molecule has 1 N–H and O–H groups in total. The fourth-order valence-electron chi connectivity index (χ4n) is 2.90. The first kappa shape index (κ1) is 20.3. The zero-order valence-corrected chi connectivity index (χ0v) is 14.9. The Morgan fingerprint density at radius 1 is 0.966 bits per heavy atom. The molecule has 0 aromatic heterocycles. The van der Waals surface area contributed by atoms with E-state index in [-0.39, 0.29) is 13.1 Å². The Labute approximate surface area is 162 Å². The van der Waals surface area contributed by atoms with E-state index in [1.165, 1.54) is 24.3 Å². The van der Waals surface area contributed by atoms with Gasteiger partial charge in [0.15, 0.2) is 0 Å². The molecule has 1 aliphatic rings. The minimum Gasteiger partial charge on any atom is -0.324 e. The van der Waals surface area contributed by atoms with Gasteiger partial charge in [0.2, 0.25) is 5.91 Å². The number of halogens is 4. The second-order valence-electron chi connectivity index (χ2n) is 6.25. The number of anilines is 2. The maximum absolute atomic E-state index is 13.0. The molecule has 2 aromatic rings. The number of piperazine rings is 1. The number of hydrogen-bond donors (Lipinski definition) is 1. The number of rotatable bonds is 4. The Bertz CT molecular complexity index is 944. The molecule has 152 valence electrons. The second kappa shape index (κ2) is 7.90. The third-order valence-electron chi connectivity index (χ3n) is 4.29. The van der Waals surface area contributed by atoms with Gasteiger partial charge in [0.05, 0.1) is 11.3 Å². The van der Waals surface area contributed by atoms with E-state index in [4.69, 9.17) is 0 Å². The van der Waals surface area contributed by atoms with Crippen molar-refractivity contribution in [1.29, 1.82) is 0 Å². The lowest BCUT2D eigenvalue weighted by atomic mass is 10.1. The van der Waals surface area contributed by atoms with Crippen molar-refractivity contribution >= 4 is 29.1 Å². The molecule has 29 heavy (non-hydrogen) atoms. The summed E-state index contributed by atoms with van der Waals surface area (Å²) in [5.41, 5.74) is -1.13. The Morgan fingerprint density at radius 2 is 1.62 bits per heavy atom. The molecule has 0 bridgehead atoms. The number of amides is 3. The van der Waals surface area contributed by atoms with Gasteiger partial charge in [0, 0.05) is 18.8 Å². The van der Waals surface area contributed by atoms with Gasteiger partial charge in [0.1, 0.15) is 12.4 Å². The van der Waals surface area contributed by atoms with E-state index in [2.05, 4.69) is 5.32 Å². The molecule has 0 spiro atoms. The van der Waals surface area contributed by atoms with Crippen LogP contribution >= 0.6 is 0 Å². The molecule has 10 heteroatoms. The van der Waals surface area contributed by atoms with Gasteiger partial charge in [0.25, 0.3) is 0 Å². The van der Waals surface area contributed by atoms with Crippen LogP contribution in [0, 0.1) is 5.82 Å². The van der Waals surface area contributed by atoms with Crippen LogP contribution in [-0.2, 0) is 20.6 Å². The largest absolute Gasteiger partial charge is 0.418 e. The number of carbonyl (C=O) groups excluding carboxylic acids is 3. The summed E-state index contributed by atoms with van der Waals surface area (Å²) in [6.45, 7) is -0.521. The monoisotopic (exact) mass is 409 g/mol. The number of para-hydroxylation sites is 1. The molecule has 1 fully saturated rings. The van der Waals surface area contributed by atoms with Crippen LogP contribution in [0.25, 0.3) is 0 Å². The summed E-state index contributed by atoms with van der Waals surface area (Å²) in [5, 5.41) is 2.13. The quantitative estimate of drug-likeness (QED) is 0.624. The summed E-state index contributed by atoms with van der Waals surface area (Å²) in [6, 6.07) is 9.42. The van der Waals surface area contributed by atoms with Crippen molar-refractivity contribution in [1.82, 2.24) is 4.90 Å². The minimum atomic E-state index is -4.66. The Hall–Kier alpha value is -3.43. The van der Waals surface area contributed by atoms with Crippen molar-refractivity contribution < 1.29 is 31.9 Å². The van der Waals surface area contributed by atoms with E-state index >= 15 is 0 Å². The number of alkyl halides is 3. The Morgan fingerprint density at radius 3 is 2.28 bits per heavy atom. The fraction of sp³-hybridized carbons (Fsp3) is 0.211. The van der Waals surface area contributed by atoms with E-state index in [1.807, 2.05) is 0 Å². The average Bonchev–Trinajstić information content (AvgIpc) is 2.66. The predicted octanol–water partition coefficient (Wildman–Crippen LogP) is 2.66. The van der Waals surface area contributed by atoms with Crippen LogP contribution in [0.15, 0.2) is 48.5 Å². The maximum Gasteiger partial charge on any atom is 0.418 e. The summed E-state index contributed by atoms with van der Waals surface area (Å²) in [7, 11) is 0. The van der Waals surface area contributed by atoms with Crippen molar-refractivity contribution in [3.63, 3.8) is 0 Å². The van der Waals surface area contributed by atoms with E-state index in [1.54, 1.807) is 0 Å². The normalized spacial score (nSPS) is 14.9. The average molecular weight is 409 g/mol. The van der Waals surface area contributed by atoms with E-state index < -0.39 is 47.5 Å². The summed E-state index contributed by atoms with van der Waals surface area (Å²) < 4.78 is 52.1. The smallest absolute Gasteiger partial charge is 0.324 e. The van der Waals surface area contributed by atoms with Crippen molar-refractivity contribution in [2.45, 2.75) is 6.18 Å². The summed E-state index contributed by atoms with van der Waals surface area (Å²) in [4.78, 5) is 38.9. The lowest BCUT2D eigenvalue weighted by molar-refractivity contribution is -0.147. The molecular formula is C19H15F4N3O3. The van der Waals surface area contributed by atoms with Crippen LogP contribution in [0.2, 0.25) is 0 Å². The minimum absolute atomic E-state index is 0.00368. The van der Waals surface area contributed by atoms with Crippen molar-refractivity contribution in [3.05, 3.63) is 59.9 Å². The number of benzene rings is 2. The SMILES string of the molecule is O=C(CN1CCN(c2ccc(F)cc2)C(=O)C1=O)Nc1ccccc1C(F)(F)F. The fourth-order valence-corrected chi connectivity index (χ4v) is 2.90. The first-order valence-electron chi connectivity index (χ1n) is 8.49. The molecule has 0 aliphatic carbocycles. The van der Waals surface area contributed by atoms with Gasteiger partial charge >= 0.3 is 18.0 Å². The van der Waals surface area contributed by atoms with Crippen LogP contribution in [0.4, 0.5) is 28.9 Å². The third-order valence-corrected chi connectivity index (χ3v) is 4.29. The van der Waals surface area contributed by atoms with E-state index in [9.17, 15) is 31.9 Å². The van der Waals surface area contributed by atoms with Crippen molar-refractivity contribution in [2.75, 3.05) is 29.9 Å². The predicted molar refractivity (Wildman–Crippen MR) is 95.4 cm³/mol. The van der Waals surface area contributed by atoms with Crippen LogP contribution in [0.3, 0.4) is 0 Å². The highest BCUT2D eigenvalue weighted by Crippen LogP contribution is 2.34. The first-order valence-corrected chi connectivity index (χ1v) is 8.49. The van der Waals surface area contributed by atoms with Gasteiger partial charge in [-0.05, 0) is 36.4 Å². The molecule has 1 heterocycles. The van der Waals surface area contributed by atoms with Crippen LogP contribution in [0.5, 0.6) is 0 Å². The molecule has 0 atom stereocenters. The third kappa shape index (κ3) is 4.53. The highest BCUT2D eigenvalue weighted by molar-refractivity contribution is 6.41. The summed E-state index contributed by atoms with van der Waals surface area (Å²) in [5.74, 6) is -3.24. The van der Waals surface area contributed by atoms with Gasteiger partial charge in [-0.1, -0.05) is 12.1 Å². The molecule has 1 saturated heterocycles. The number of carbonyl (C=O) groups is 3. The first-order chi connectivity index (χ1) is 13.7. The number of nitrogens with one attached hydrogen (secondary N) is 1. The molecule has 3 amide bonds. The standard InChI is InChI=1S/C19H15F4N3O3/c20-12-5-7-13(8-6-12)26-10-9-25(17(28)18(26)29)11-16(27)24-15-4-2-1-3-14(15)19(21,22)23/h1-8H,9-11H2,(H,24,27). The lowest BCUT2D eigenvalue weighted by Gasteiger charge is -2.33. The molecule has 1 aliphatic heterocycles. The zero-order chi connectivity index (χ0) is 21.2. The van der Waals surface area contributed by atoms with Gasteiger partial charge in [-0.25, -0.2) is 4.39 Å². The molecule has 0 radical (unpaired) electrons. The molecule has 0 saturated carbocycles. The zero-order valence-electron chi connectivity index (χ0n) is 14.9. The van der Waals surface area contributed by atoms with E-state index in [0.29, 0.717) is 5.69 Å². The number of hydrogen-bond acceptors (Lipinski definition) is 3. The second-order valence-corrected chi connectivity index (χ2v) is 6.25.